The molecule has 29 heavy (non-hydrogen) atoms. The maximum Gasteiger partial charge on any atom is 0.246 e. The Kier molecular flexibility index (Phi) is 6.52. The van der Waals surface area contributed by atoms with Gasteiger partial charge in [0, 0.05) is 32.3 Å². The maximum atomic E-state index is 13.0. The summed E-state index contributed by atoms with van der Waals surface area (Å²) in [5.74, 6) is -0.150. The molecule has 0 unspecified atom stereocenters. The third kappa shape index (κ3) is 4.75. The fourth-order valence-electron chi connectivity index (χ4n) is 3.47. The van der Waals surface area contributed by atoms with Gasteiger partial charge in [-0.15, -0.1) is 0 Å². The van der Waals surface area contributed by atoms with E-state index in [0.29, 0.717) is 18.5 Å². The molecule has 0 atom stereocenters. The number of hydrogen-bond donors (Lipinski definition) is 1. The smallest absolute Gasteiger partial charge is 0.246 e. The summed E-state index contributed by atoms with van der Waals surface area (Å²) in [6.07, 6.45) is 2.10. The highest BCUT2D eigenvalue weighted by molar-refractivity contribution is 7.89. The van der Waals surface area contributed by atoms with E-state index >= 15 is 0 Å². The Balaban J connectivity index is 1.82. The van der Waals surface area contributed by atoms with Gasteiger partial charge in [0.2, 0.25) is 15.9 Å². The van der Waals surface area contributed by atoms with Crippen molar-refractivity contribution in [2.45, 2.75) is 17.9 Å². The molecular formula is C22H27N3O3S. The Labute approximate surface area is 172 Å². The first kappa shape index (κ1) is 21.2. The van der Waals surface area contributed by atoms with E-state index in [9.17, 15) is 13.2 Å². The standard InChI is InChI=1S/C22H27N3O3S/c1-23-22(26)18-12-14-25(15-13-18)29(27,28)20-10-8-17(9-11-20)21-7-5-4-6-19(21)16-24(2)3/h4-12H,13-16H2,1-3H3,(H,23,26). The van der Waals surface area contributed by atoms with Crippen molar-refractivity contribution < 1.29 is 13.2 Å². The summed E-state index contributed by atoms with van der Waals surface area (Å²) in [7, 11) is 2.02. The minimum absolute atomic E-state index is 0.150. The maximum absolute atomic E-state index is 13.0. The summed E-state index contributed by atoms with van der Waals surface area (Å²) in [6.45, 7) is 1.32. The number of hydrogen-bond acceptors (Lipinski definition) is 4. The molecular weight excluding hydrogens is 386 g/mol. The molecule has 0 fully saturated rings. The molecule has 2 aromatic carbocycles. The lowest BCUT2D eigenvalue weighted by Gasteiger charge is -2.25. The molecule has 1 aliphatic rings. The summed E-state index contributed by atoms with van der Waals surface area (Å²) in [5, 5.41) is 2.58. The third-order valence-electron chi connectivity index (χ3n) is 5.00. The molecule has 1 N–H and O–H groups in total. The number of amides is 1. The van der Waals surface area contributed by atoms with E-state index in [0.717, 1.165) is 17.7 Å². The van der Waals surface area contributed by atoms with E-state index in [-0.39, 0.29) is 17.3 Å². The van der Waals surface area contributed by atoms with Gasteiger partial charge < -0.3 is 10.2 Å². The number of carbonyl (C=O) groups is 1. The molecule has 7 heteroatoms. The number of benzene rings is 2. The first-order valence-electron chi connectivity index (χ1n) is 9.57. The number of rotatable bonds is 6. The van der Waals surface area contributed by atoms with Crippen molar-refractivity contribution in [3.05, 3.63) is 65.7 Å². The van der Waals surface area contributed by atoms with Gasteiger partial charge in [-0.25, -0.2) is 8.42 Å². The lowest BCUT2D eigenvalue weighted by atomic mass is 9.99. The van der Waals surface area contributed by atoms with Crippen molar-refractivity contribution in [2.75, 3.05) is 34.2 Å². The molecule has 0 aromatic heterocycles. The molecule has 3 rings (SSSR count). The summed E-state index contributed by atoms with van der Waals surface area (Å²) in [4.78, 5) is 14.1. The normalized spacial score (nSPS) is 15.2. The van der Waals surface area contributed by atoms with Crippen molar-refractivity contribution in [2.24, 2.45) is 0 Å². The predicted octanol–water partition coefficient (Wildman–Crippen LogP) is 2.48. The van der Waals surface area contributed by atoms with Crippen molar-refractivity contribution in [3.8, 4) is 11.1 Å². The number of nitrogens with one attached hydrogen (secondary N) is 1. The zero-order chi connectivity index (χ0) is 21.0. The first-order chi connectivity index (χ1) is 13.8. The van der Waals surface area contributed by atoms with Gasteiger partial charge in [-0.3, -0.25) is 4.79 Å². The summed E-state index contributed by atoms with van der Waals surface area (Å²) in [6, 6.07) is 15.2. The topological polar surface area (TPSA) is 69.7 Å². The average Bonchev–Trinajstić information content (AvgIpc) is 2.73. The van der Waals surface area contributed by atoms with Gasteiger partial charge in [0.05, 0.1) is 4.90 Å². The second-order valence-corrected chi connectivity index (χ2v) is 9.28. The highest BCUT2D eigenvalue weighted by Gasteiger charge is 2.27. The Morgan fingerprint density at radius 3 is 2.38 bits per heavy atom. The van der Waals surface area contributed by atoms with Crippen LogP contribution in [0.5, 0.6) is 0 Å². The number of nitrogens with zero attached hydrogens (tertiary/aromatic N) is 2. The molecule has 0 spiro atoms. The van der Waals surface area contributed by atoms with Crippen LogP contribution in [0.3, 0.4) is 0 Å². The van der Waals surface area contributed by atoms with Crippen LogP contribution in [0.15, 0.2) is 65.1 Å². The molecule has 0 aliphatic carbocycles. The van der Waals surface area contributed by atoms with Gasteiger partial charge in [0.1, 0.15) is 0 Å². The van der Waals surface area contributed by atoms with E-state index in [4.69, 9.17) is 0 Å². The van der Waals surface area contributed by atoms with Crippen LogP contribution in [-0.4, -0.2) is 57.8 Å². The fraction of sp³-hybridized carbons (Fsp3) is 0.318. The molecule has 6 nitrogen and oxygen atoms in total. The van der Waals surface area contributed by atoms with Crippen molar-refractivity contribution in [1.82, 2.24) is 14.5 Å². The zero-order valence-electron chi connectivity index (χ0n) is 17.1. The molecule has 0 radical (unpaired) electrons. The minimum Gasteiger partial charge on any atom is -0.355 e. The molecule has 0 bridgehead atoms. The number of carbonyl (C=O) groups excluding carboxylic acids is 1. The number of sulfonamides is 1. The highest BCUT2D eigenvalue weighted by atomic mass is 32.2. The second kappa shape index (κ2) is 8.90. The SMILES string of the molecule is CNC(=O)C1=CCN(S(=O)(=O)c2ccc(-c3ccccc3CN(C)C)cc2)CC1. The zero-order valence-corrected chi connectivity index (χ0v) is 17.9. The second-order valence-electron chi connectivity index (χ2n) is 7.34. The van der Waals surface area contributed by atoms with Crippen molar-refractivity contribution >= 4 is 15.9 Å². The average molecular weight is 414 g/mol. The summed E-state index contributed by atoms with van der Waals surface area (Å²) >= 11 is 0. The Hall–Kier alpha value is -2.48. The van der Waals surface area contributed by atoms with E-state index in [1.165, 1.54) is 9.87 Å². The van der Waals surface area contributed by atoms with Crippen molar-refractivity contribution in [1.29, 1.82) is 0 Å². The Bertz CT molecular complexity index is 1010. The third-order valence-corrected chi connectivity index (χ3v) is 6.88. The Morgan fingerprint density at radius 2 is 1.79 bits per heavy atom. The van der Waals surface area contributed by atoms with E-state index < -0.39 is 10.0 Å². The van der Waals surface area contributed by atoms with Gasteiger partial charge in [-0.1, -0.05) is 42.5 Å². The van der Waals surface area contributed by atoms with Crippen LogP contribution in [-0.2, 0) is 21.4 Å². The van der Waals surface area contributed by atoms with Crippen molar-refractivity contribution in [3.63, 3.8) is 0 Å². The van der Waals surface area contributed by atoms with Crippen LogP contribution in [0.1, 0.15) is 12.0 Å². The van der Waals surface area contributed by atoms with E-state index in [1.54, 1.807) is 25.3 Å². The van der Waals surface area contributed by atoms with Gasteiger partial charge in [-0.05, 0) is 49.3 Å². The molecule has 2 aromatic rings. The van der Waals surface area contributed by atoms with Crippen LogP contribution in [0.2, 0.25) is 0 Å². The molecule has 1 aliphatic heterocycles. The predicted molar refractivity (Wildman–Crippen MR) is 115 cm³/mol. The minimum atomic E-state index is -3.60. The van der Waals surface area contributed by atoms with Gasteiger partial charge in [-0.2, -0.15) is 4.31 Å². The van der Waals surface area contributed by atoms with E-state index in [2.05, 4.69) is 22.3 Å². The van der Waals surface area contributed by atoms with Crippen LogP contribution >= 0.6 is 0 Å². The van der Waals surface area contributed by atoms with Gasteiger partial charge in [0.15, 0.2) is 0 Å². The molecule has 0 saturated carbocycles. The largest absolute Gasteiger partial charge is 0.355 e. The van der Waals surface area contributed by atoms with Crippen LogP contribution in [0, 0.1) is 0 Å². The van der Waals surface area contributed by atoms with Crippen LogP contribution < -0.4 is 5.32 Å². The summed E-state index contributed by atoms with van der Waals surface area (Å²) in [5.41, 5.74) is 3.91. The molecule has 1 heterocycles. The monoisotopic (exact) mass is 413 g/mol. The Morgan fingerprint density at radius 1 is 1.10 bits per heavy atom. The van der Waals surface area contributed by atoms with E-state index in [1.807, 2.05) is 38.4 Å². The first-order valence-corrected chi connectivity index (χ1v) is 11.0. The van der Waals surface area contributed by atoms with Crippen LogP contribution in [0.4, 0.5) is 0 Å². The quantitative estimate of drug-likeness (QED) is 0.790. The summed E-state index contributed by atoms with van der Waals surface area (Å²) < 4.78 is 27.4. The van der Waals surface area contributed by atoms with Crippen LogP contribution in [0.25, 0.3) is 11.1 Å². The lowest BCUT2D eigenvalue weighted by molar-refractivity contribution is -0.117. The molecule has 154 valence electrons. The molecule has 1 amide bonds. The lowest BCUT2D eigenvalue weighted by Crippen LogP contribution is -2.37. The fourth-order valence-corrected chi connectivity index (χ4v) is 4.85. The highest BCUT2D eigenvalue weighted by Crippen LogP contribution is 2.27. The molecule has 0 saturated heterocycles. The number of likely N-dealkylation sites (N-methyl/N-ethyl adjacent to an activating group) is 1. The van der Waals surface area contributed by atoms with Gasteiger partial charge in [0.25, 0.3) is 0 Å². The van der Waals surface area contributed by atoms with Gasteiger partial charge >= 0.3 is 0 Å².